The molecule has 0 saturated heterocycles. The first-order valence-corrected chi connectivity index (χ1v) is 6.81. The van der Waals surface area contributed by atoms with Gasteiger partial charge in [-0.25, -0.2) is 0 Å². The Bertz CT molecular complexity index is 681. The van der Waals surface area contributed by atoms with E-state index in [0.29, 0.717) is 12.2 Å². The first-order valence-electron chi connectivity index (χ1n) is 6.81. The largest absolute Gasteiger partial charge is 0.426 e. The van der Waals surface area contributed by atoms with Crippen molar-refractivity contribution in [3.05, 3.63) is 64.7 Å². The zero-order valence-corrected chi connectivity index (χ0v) is 12.2. The van der Waals surface area contributed by atoms with Crippen LogP contribution in [0.2, 0.25) is 0 Å². The zero-order valence-electron chi connectivity index (χ0n) is 12.2. The number of nitrogens with zero attached hydrogens (tertiary/aromatic N) is 1. The van der Waals surface area contributed by atoms with E-state index in [9.17, 15) is 4.79 Å². The van der Waals surface area contributed by atoms with Crippen LogP contribution in [0.15, 0.2) is 42.5 Å². The van der Waals surface area contributed by atoms with Gasteiger partial charge in [0.2, 0.25) is 0 Å². The Morgan fingerprint density at radius 1 is 1.05 bits per heavy atom. The van der Waals surface area contributed by atoms with Crippen LogP contribution >= 0.6 is 0 Å². The molecule has 0 saturated carbocycles. The minimum atomic E-state index is -0.286. The number of benzene rings is 2. The lowest BCUT2D eigenvalue weighted by Gasteiger charge is -2.07. The second-order valence-electron chi connectivity index (χ2n) is 5.05. The van der Waals surface area contributed by atoms with E-state index in [4.69, 9.17) is 10.00 Å². The Morgan fingerprint density at radius 2 is 1.71 bits per heavy atom. The highest BCUT2D eigenvalue weighted by molar-refractivity contribution is 5.75. The van der Waals surface area contributed by atoms with Crippen LogP contribution in [0.5, 0.6) is 5.75 Å². The number of nitriles is 1. The van der Waals surface area contributed by atoms with Gasteiger partial charge < -0.3 is 4.74 Å². The third kappa shape index (κ3) is 4.19. The van der Waals surface area contributed by atoms with E-state index in [1.807, 2.05) is 32.0 Å². The predicted molar refractivity (Wildman–Crippen MR) is 81.0 cm³/mol. The molecular weight excluding hydrogens is 262 g/mol. The Labute approximate surface area is 124 Å². The summed E-state index contributed by atoms with van der Waals surface area (Å²) in [5, 5.41) is 8.61. The number of aryl methyl sites for hydroxylation is 2. The van der Waals surface area contributed by atoms with Crippen LogP contribution in [-0.4, -0.2) is 5.97 Å². The van der Waals surface area contributed by atoms with Crippen LogP contribution in [0.3, 0.4) is 0 Å². The number of carbonyl (C=O) groups excluding carboxylic acids is 1. The molecule has 0 aliphatic carbocycles. The molecule has 0 fully saturated rings. The molecule has 0 spiro atoms. The minimum absolute atomic E-state index is 0.251. The molecule has 3 heteroatoms. The van der Waals surface area contributed by atoms with Gasteiger partial charge in [-0.1, -0.05) is 30.3 Å². The highest BCUT2D eigenvalue weighted by atomic mass is 16.5. The van der Waals surface area contributed by atoms with Crippen molar-refractivity contribution >= 4 is 5.97 Å². The second kappa shape index (κ2) is 6.71. The molecule has 3 nitrogen and oxygen atoms in total. The predicted octanol–water partition coefficient (Wildman–Crippen LogP) is 3.52. The van der Waals surface area contributed by atoms with Crippen LogP contribution in [0.4, 0.5) is 0 Å². The van der Waals surface area contributed by atoms with Crippen LogP contribution < -0.4 is 4.74 Å². The van der Waals surface area contributed by atoms with Crippen molar-refractivity contribution in [3.8, 4) is 11.8 Å². The average Bonchev–Trinajstić information content (AvgIpc) is 2.45. The number of hydrogen-bond acceptors (Lipinski definition) is 3. The van der Waals surface area contributed by atoms with E-state index in [1.54, 1.807) is 24.3 Å². The van der Waals surface area contributed by atoms with E-state index < -0.39 is 0 Å². The van der Waals surface area contributed by atoms with Crippen LogP contribution in [-0.2, 0) is 17.6 Å². The van der Waals surface area contributed by atoms with Gasteiger partial charge in [-0.3, -0.25) is 4.79 Å². The second-order valence-corrected chi connectivity index (χ2v) is 5.05. The first-order chi connectivity index (χ1) is 10.1. The van der Waals surface area contributed by atoms with Crippen molar-refractivity contribution in [3.63, 3.8) is 0 Å². The van der Waals surface area contributed by atoms with Crippen molar-refractivity contribution < 1.29 is 9.53 Å². The lowest BCUT2D eigenvalue weighted by molar-refractivity contribution is -0.133. The maximum absolute atomic E-state index is 11.9. The number of ether oxygens (including phenoxy) is 1. The number of hydrogen-bond donors (Lipinski definition) is 0. The fourth-order valence-electron chi connectivity index (χ4n) is 2.01. The molecule has 0 aliphatic heterocycles. The molecule has 2 aromatic carbocycles. The lowest BCUT2D eigenvalue weighted by atomic mass is 10.0. The molecule has 0 aromatic heterocycles. The standard InChI is InChI=1S/C18H17NO2/c1-13-3-4-16(11-14(13)2)12-18(20)21-17-7-5-15(6-8-17)9-10-19/h3-8,11H,9,12H2,1-2H3. The van der Waals surface area contributed by atoms with E-state index in [-0.39, 0.29) is 12.4 Å². The molecule has 0 aliphatic rings. The van der Waals surface area contributed by atoms with Crippen molar-refractivity contribution in [2.75, 3.05) is 0 Å². The molecule has 2 aromatic rings. The SMILES string of the molecule is Cc1ccc(CC(=O)Oc2ccc(CC#N)cc2)cc1C. The van der Waals surface area contributed by atoms with Gasteiger partial charge in [-0.15, -0.1) is 0 Å². The lowest BCUT2D eigenvalue weighted by Crippen LogP contribution is -2.11. The summed E-state index contributed by atoms with van der Waals surface area (Å²) in [6.07, 6.45) is 0.609. The van der Waals surface area contributed by atoms with Gasteiger partial charge >= 0.3 is 5.97 Å². The Hall–Kier alpha value is -2.60. The quantitative estimate of drug-likeness (QED) is 0.635. The van der Waals surface area contributed by atoms with Gasteiger partial charge in [0.05, 0.1) is 18.9 Å². The summed E-state index contributed by atoms with van der Waals surface area (Å²) in [6.45, 7) is 4.07. The third-order valence-corrected chi connectivity index (χ3v) is 3.36. The summed E-state index contributed by atoms with van der Waals surface area (Å²) in [7, 11) is 0. The van der Waals surface area contributed by atoms with Crippen molar-refractivity contribution in [1.82, 2.24) is 0 Å². The minimum Gasteiger partial charge on any atom is -0.426 e. The van der Waals surface area contributed by atoms with Gasteiger partial charge in [0.1, 0.15) is 5.75 Å². The Kier molecular flexibility index (Phi) is 4.73. The van der Waals surface area contributed by atoms with Crippen molar-refractivity contribution in [2.24, 2.45) is 0 Å². The summed E-state index contributed by atoms with van der Waals surface area (Å²) in [5.41, 5.74) is 4.23. The van der Waals surface area contributed by atoms with Gasteiger partial charge in [-0.05, 0) is 48.2 Å². The van der Waals surface area contributed by atoms with E-state index in [0.717, 1.165) is 11.1 Å². The van der Waals surface area contributed by atoms with Crippen LogP contribution in [0, 0.1) is 25.2 Å². The summed E-state index contributed by atoms with van der Waals surface area (Å²) in [4.78, 5) is 11.9. The normalized spacial score (nSPS) is 9.95. The highest BCUT2D eigenvalue weighted by Gasteiger charge is 2.07. The number of carbonyl (C=O) groups is 1. The number of esters is 1. The fraction of sp³-hybridized carbons (Fsp3) is 0.222. The monoisotopic (exact) mass is 279 g/mol. The van der Waals surface area contributed by atoms with Gasteiger partial charge in [0.15, 0.2) is 0 Å². The molecule has 0 heterocycles. The summed E-state index contributed by atoms with van der Waals surface area (Å²) in [5.74, 6) is 0.219. The van der Waals surface area contributed by atoms with Gasteiger partial charge in [0, 0.05) is 0 Å². The fourth-order valence-corrected chi connectivity index (χ4v) is 2.01. The van der Waals surface area contributed by atoms with Crippen molar-refractivity contribution in [1.29, 1.82) is 5.26 Å². The molecule has 0 bridgehead atoms. The van der Waals surface area contributed by atoms with Crippen molar-refractivity contribution in [2.45, 2.75) is 26.7 Å². The van der Waals surface area contributed by atoms with E-state index in [2.05, 4.69) is 6.07 Å². The highest BCUT2D eigenvalue weighted by Crippen LogP contribution is 2.15. The zero-order chi connectivity index (χ0) is 15.2. The number of rotatable bonds is 4. The maximum Gasteiger partial charge on any atom is 0.315 e. The molecule has 0 radical (unpaired) electrons. The average molecular weight is 279 g/mol. The molecule has 0 N–H and O–H groups in total. The molecule has 0 amide bonds. The molecule has 106 valence electrons. The van der Waals surface area contributed by atoms with Gasteiger partial charge in [-0.2, -0.15) is 5.26 Å². The maximum atomic E-state index is 11.9. The molecule has 2 rings (SSSR count). The molecule has 21 heavy (non-hydrogen) atoms. The molecule has 0 atom stereocenters. The molecule has 0 unspecified atom stereocenters. The first kappa shape index (κ1) is 14.8. The van der Waals surface area contributed by atoms with E-state index >= 15 is 0 Å². The van der Waals surface area contributed by atoms with E-state index in [1.165, 1.54) is 11.1 Å². The summed E-state index contributed by atoms with van der Waals surface area (Å²) < 4.78 is 5.30. The smallest absolute Gasteiger partial charge is 0.315 e. The third-order valence-electron chi connectivity index (χ3n) is 3.36. The molecular formula is C18H17NO2. The van der Waals surface area contributed by atoms with Crippen LogP contribution in [0.25, 0.3) is 0 Å². The van der Waals surface area contributed by atoms with Gasteiger partial charge in [0.25, 0.3) is 0 Å². The topological polar surface area (TPSA) is 50.1 Å². The summed E-state index contributed by atoms with van der Waals surface area (Å²) >= 11 is 0. The Balaban J connectivity index is 1.98. The van der Waals surface area contributed by atoms with Crippen LogP contribution in [0.1, 0.15) is 22.3 Å². The Morgan fingerprint density at radius 3 is 2.33 bits per heavy atom. The summed E-state index contributed by atoms with van der Waals surface area (Å²) in [6, 6.07) is 15.1.